The number of benzene rings is 2. The van der Waals surface area contributed by atoms with Gasteiger partial charge in [0.25, 0.3) is 11.5 Å². The number of hydrogen-bond donors (Lipinski definition) is 1. The van der Waals surface area contributed by atoms with E-state index in [-0.39, 0.29) is 17.0 Å². The van der Waals surface area contributed by atoms with Crippen LogP contribution in [0.3, 0.4) is 0 Å². The highest BCUT2D eigenvalue weighted by Crippen LogP contribution is 2.22. The molecule has 0 radical (unpaired) electrons. The van der Waals surface area contributed by atoms with Gasteiger partial charge in [-0.25, -0.2) is 0 Å². The van der Waals surface area contributed by atoms with Crippen molar-refractivity contribution in [3.63, 3.8) is 0 Å². The molecule has 2 aromatic heterocycles. The summed E-state index contributed by atoms with van der Waals surface area (Å²) in [6.45, 7) is 3.69. The fraction of sp³-hybridized carbons (Fsp3) is 0.200. The summed E-state index contributed by atoms with van der Waals surface area (Å²) >= 11 is 1.56. The number of nitrogens with zero attached hydrogens (tertiary/aromatic N) is 2. The number of amides is 1. The van der Waals surface area contributed by atoms with Crippen LogP contribution in [0.15, 0.2) is 76.9 Å². The van der Waals surface area contributed by atoms with E-state index in [1.54, 1.807) is 22.3 Å². The zero-order valence-corrected chi connectivity index (χ0v) is 17.9. The minimum atomic E-state index is -0.325. The van der Waals surface area contributed by atoms with Gasteiger partial charge in [0.1, 0.15) is 5.56 Å². The highest BCUT2D eigenvalue weighted by atomic mass is 32.1. The maximum Gasteiger partial charge on any atom is 0.261 e. The normalized spacial score (nSPS) is 14.8. The van der Waals surface area contributed by atoms with Gasteiger partial charge in [-0.15, -0.1) is 11.3 Å². The predicted octanol–water partition coefficient (Wildman–Crippen LogP) is 4.21. The number of rotatable bonds is 4. The highest BCUT2D eigenvalue weighted by Gasteiger charge is 2.24. The molecule has 1 amide bonds. The molecule has 1 saturated heterocycles. The molecular formula is C25H23N3O2S. The maximum absolute atomic E-state index is 12.9. The van der Waals surface area contributed by atoms with Crippen LogP contribution in [0, 0.1) is 0 Å². The van der Waals surface area contributed by atoms with Gasteiger partial charge in [-0.3, -0.25) is 14.5 Å². The molecule has 5 nitrogen and oxygen atoms in total. The topological polar surface area (TPSA) is 56.4 Å². The third kappa shape index (κ3) is 4.04. The Kier molecular flexibility index (Phi) is 5.40. The molecule has 1 aliphatic rings. The Bertz CT molecular complexity index is 1270. The number of aromatic nitrogens is 1. The van der Waals surface area contributed by atoms with Crippen molar-refractivity contribution in [1.29, 1.82) is 0 Å². The quantitative estimate of drug-likeness (QED) is 0.529. The molecule has 0 atom stereocenters. The lowest BCUT2D eigenvalue weighted by Gasteiger charge is -2.34. The van der Waals surface area contributed by atoms with Gasteiger partial charge in [-0.2, -0.15) is 0 Å². The van der Waals surface area contributed by atoms with Crippen LogP contribution in [0.25, 0.3) is 21.3 Å². The standard InChI is InChI=1S/C25H23N3O2S/c29-24-21(10-11-22(26-24)23-9-4-16-31-23)25(30)28-14-12-27(13-15-28)17-19-7-3-6-18-5-1-2-8-20(18)19/h1-11,16H,12-15,17H2,(H,26,29). The maximum atomic E-state index is 12.9. The molecule has 3 heterocycles. The number of pyridine rings is 1. The van der Waals surface area contributed by atoms with E-state index in [2.05, 4.69) is 52.3 Å². The van der Waals surface area contributed by atoms with E-state index in [1.165, 1.54) is 16.3 Å². The molecule has 0 bridgehead atoms. The Morgan fingerprint density at radius 1 is 0.903 bits per heavy atom. The zero-order chi connectivity index (χ0) is 21.2. The van der Waals surface area contributed by atoms with Gasteiger partial charge in [-0.1, -0.05) is 48.5 Å². The average molecular weight is 430 g/mol. The molecule has 31 heavy (non-hydrogen) atoms. The summed E-state index contributed by atoms with van der Waals surface area (Å²) in [7, 11) is 0. The Morgan fingerprint density at radius 2 is 1.71 bits per heavy atom. The van der Waals surface area contributed by atoms with Crippen molar-refractivity contribution >= 4 is 28.0 Å². The van der Waals surface area contributed by atoms with Gasteiger partial charge >= 0.3 is 0 Å². The second-order valence-corrected chi connectivity index (χ2v) is 8.75. The first-order valence-electron chi connectivity index (χ1n) is 10.4. The molecule has 0 unspecified atom stereocenters. The molecule has 156 valence electrons. The number of H-pyrrole nitrogens is 1. The molecule has 5 rings (SSSR count). The first-order valence-corrected chi connectivity index (χ1v) is 11.3. The summed E-state index contributed by atoms with van der Waals surface area (Å²) in [6, 6.07) is 22.2. The van der Waals surface area contributed by atoms with E-state index < -0.39 is 0 Å². The summed E-state index contributed by atoms with van der Waals surface area (Å²) in [5.41, 5.74) is 1.94. The zero-order valence-electron chi connectivity index (χ0n) is 17.1. The summed E-state index contributed by atoms with van der Waals surface area (Å²) in [4.78, 5) is 33.5. The number of carbonyl (C=O) groups is 1. The van der Waals surface area contributed by atoms with Crippen LogP contribution < -0.4 is 5.56 Å². The second kappa shape index (κ2) is 8.49. The summed E-state index contributed by atoms with van der Waals surface area (Å²) < 4.78 is 0. The lowest BCUT2D eigenvalue weighted by Crippen LogP contribution is -2.49. The summed E-state index contributed by atoms with van der Waals surface area (Å²) in [6.07, 6.45) is 0. The number of thiophene rings is 1. The first kappa shape index (κ1) is 19.7. The van der Waals surface area contributed by atoms with Gasteiger partial charge in [0.2, 0.25) is 0 Å². The molecule has 1 N–H and O–H groups in total. The molecular weight excluding hydrogens is 406 g/mol. The van der Waals surface area contributed by atoms with Crippen LogP contribution in [-0.4, -0.2) is 46.9 Å². The fourth-order valence-corrected chi connectivity index (χ4v) is 4.88. The van der Waals surface area contributed by atoms with Gasteiger partial charge in [0.15, 0.2) is 0 Å². The van der Waals surface area contributed by atoms with Crippen LogP contribution in [0.5, 0.6) is 0 Å². The van der Waals surface area contributed by atoms with E-state index in [0.717, 1.165) is 30.2 Å². The van der Waals surface area contributed by atoms with Crippen molar-refractivity contribution in [1.82, 2.24) is 14.8 Å². The number of nitrogens with one attached hydrogen (secondary N) is 1. The predicted molar refractivity (Wildman–Crippen MR) is 126 cm³/mol. The van der Waals surface area contributed by atoms with Crippen LogP contribution in [0.1, 0.15) is 15.9 Å². The lowest BCUT2D eigenvalue weighted by atomic mass is 10.0. The molecule has 6 heteroatoms. The van der Waals surface area contributed by atoms with Gasteiger partial charge < -0.3 is 9.88 Å². The van der Waals surface area contributed by atoms with Crippen molar-refractivity contribution in [2.75, 3.05) is 26.2 Å². The molecule has 2 aromatic carbocycles. The molecule has 1 fully saturated rings. The number of hydrogen-bond acceptors (Lipinski definition) is 4. The smallest absolute Gasteiger partial charge is 0.261 e. The SMILES string of the molecule is O=C(c1ccc(-c2cccs2)[nH]c1=O)N1CCN(Cc2cccc3ccccc23)CC1. The van der Waals surface area contributed by atoms with Gasteiger partial charge in [0.05, 0.1) is 10.6 Å². The van der Waals surface area contributed by atoms with Crippen molar-refractivity contribution < 1.29 is 4.79 Å². The van der Waals surface area contributed by atoms with E-state index in [1.807, 2.05) is 23.6 Å². The number of piperazine rings is 1. The Balaban J connectivity index is 1.25. The first-order chi connectivity index (χ1) is 15.2. The summed E-state index contributed by atoms with van der Waals surface area (Å²) in [5.74, 6) is -0.191. The van der Waals surface area contributed by atoms with E-state index in [0.29, 0.717) is 13.1 Å². The Morgan fingerprint density at radius 3 is 2.48 bits per heavy atom. The highest BCUT2D eigenvalue weighted by molar-refractivity contribution is 7.13. The van der Waals surface area contributed by atoms with E-state index in [4.69, 9.17) is 0 Å². The minimum absolute atomic E-state index is 0.191. The van der Waals surface area contributed by atoms with Crippen molar-refractivity contribution in [2.45, 2.75) is 6.54 Å². The van der Waals surface area contributed by atoms with Crippen molar-refractivity contribution in [2.24, 2.45) is 0 Å². The number of aromatic amines is 1. The number of carbonyl (C=O) groups excluding carboxylic acids is 1. The second-order valence-electron chi connectivity index (χ2n) is 7.80. The lowest BCUT2D eigenvalue weighted by molar-refractivity contribution is 0.0627. The Hall–Kier alpha value is -3.22. The van der Waals surface area contributed by atoms with Gasteiger partial charge in [0, 0.05) is 32.7 Å². The largest absolute Gasteiger partial charge is 0.336 e. The molecule has 0 aliphatic carbocycles. The van der Waals surface area contributed by atoms with Gasteiger partial charge in [-0.05, 0) is 39.9 Å². The van der Waals surface area contributed by atoms with E-state index in [9.17, 15) is 9.59 Å². The van der Waals surface area contributed by atoms with E-state index >= 15 is 0 Å². The third-order valence-corrected chi connectivity index (χ3v) is 6.76. The summed E-state index contributed by atoms with van der Waals surface area (Å²) in [5, 5.41) is 4.49. The molecule has 0 saturated carbocycles. The van der Waals surface area contributed by atoms with Crippen LogP contribution in [-0.2, 0) is 6.54 Å². The van der Waals surface area contributed by atoms with Crippen LogP contribution >= 0.6 is 11.3 Å². The van der Waals surface area contributed by atoms with Crippen LogP contribution in [0.4, 0.5) is 0 Å². The fourth-order valence-electron chi connectivity index (χ4n) is 4.17. The van der Waals surface area contributed by atoms with Crippen LogP contribution in [0.2, 0.25) is 0 Å². The van der Waals surface area contributed by atoms with Crippen molar-refractivity contribution in [3.8, 4) is 10.6 Å². The minimum Gasteiger partial charge on any atom is -0.336 e. The third-order valence-electron chi connectivity index (χ3n) is 5.86. The molecule has 0 spiro atoms. The molecule has 4 aromatic rings. The molecule has 1 aliphatic heterocycles. The monoisotopic (exact) mass is 429 g/mol. The average Bonchev–Trinajstić information content (AvgIpc) is 3.34. The van der Waals surface area contributed by atoms with Crippen molar-refractivity contribution in [3.05, 3.63) is 93.6 Å². The Labute approximate surface area is 184 Å². The number of fused-ring (bicyclic) bond motifs is 1.